The molecule has 2 aromatic heterocycles. The number of hydrogen-bond acceptors (Lipinski definition) is 12. The van der Waals surface area contributed by atoms with Crippen LogP contribution < -0.4 is 14.8 Å². The standard InChI is InChI=1S/C44H57ClN4O8S/c1-9-25-19-44(25,24(4)50)20-35(51)34-16-29(21-49(34)41(53)31(43(5,6)7)17-38(52)57-28-14-26-10-11-27(15-28)55-26)56-37-18-32(33-22-58-42(48-33)46-23(2)3)47-40-30(37)12-13-36(54-8)39(40)45/h12-13,18,22-23,25-29,31,34H,9-11,14-17,19-21H2,1-8H3,(H,46,48)/t25-,26-,27+,28?,29-,31-,34+,44+/m1/s1. The summed E-state index contributed by atoms with van der Waals surface area (Å²) in [5, 5.41) is 6.95. The van der Waals surface area contributed by atoms with E-state index in [1.165, 1.54) is 11.3 Å². The lowest BCUT2D eigenvalue weighted by atomic mass is 9.77. The number of ether oxygens (including phenoxy) is 4. The largest absolute Gasteiger partial charge is 0.495 e. The number of hydrogen-bond donors (Lipinski definition) is 1. The molecule has 58 heavy (non-hydrogen) atoms. The van der Waals surface area contributed by atoms with Crippen LogP contribution in [-0.2, 0) is 28.7 Å². The summed E-state index contributed by atoms with van der Waals surface area (Å²) in [6.07, 6.45) is 4.25. The van der Waals surface area contributed by atoms with Gasteiger partial charge in [0.2, 0.25) is 5.91 Å². The van der Waals surface area contributed by atoms with E-state index in [4.69, 9.17) is 40.5 Å². The first-order valence-corrected chi connectivity index (χ1v) is 22.0. The number of methoxy groups -OCH3 is 1. The Labute approximate surface area is 350 Å². The average Bonchev–Trinajstić information content (AvgIpc) is 3.42. The van der Waals surface area contributed by atoms with Crippen molar-refractivity contribution in [3.05, 3.63) is 28.6 Å². The number of thiazole rings is 1. The highest BCUT2D eigenvalue weighted by Gasteiger charge is 2.59. The zero-order valence-electron chi connectivity index (χ0n) is 34.9. The minimum absolute atomic E-state index is 0.00474. The fourth-order valence-corrected chi connectivity index (χ4v) is 10.4. The maximum absolute atomic E-state index is 14.9. The van der Waals surface area contributed by atoms with Crippen molar-refractivity contribution in [2.24, 2.45) is 22.7 Å². The lowest BCUT2D eigenvalue weighted by Gasteiger charge is -2.35. The van der Waals surface area contributed by atoms with Crippen LogP contribution in [0.15, 0.2) is 23.6 Å². The molecular formula is C44H57ClN4O8S. The monoisotopic (exact) mass is 836 g/mol. The number of nitrogens with one attached hydrogen (secondary N) is 1. The van der Waals surface area contributed by atoms with Crippen molar-refractivity contribution >= 4 is 62.4 Å². The Kier molecular flexibility index (Phi) is 12.2. The van der Waals surface area contributed by atoms with Crippen molar-refractivity contribution in [3.8, 4) is 22.9 Å². The Morgan fingerprint density at radius 1 is 1.05 bits per heavy atom. The first kappa shape index (κ1) is 42.3. The van der Waals surface area contributed by atoms with Crippen molar-refractivity contribution in [1.29, 1.82) is 0 Å². The lowest BCUT2D eigenvalue weighted by Crippen LogP contribution is -2.48. The van der Waals surface area contributed by atoms with Gasteiger partial charge in [-0.15, -0.1) is 11.3 Å². The molecule has 1 aromatic carbocycles. The van der Waals surface area contributed by atoms with E-state index in [2.05, 4.69) is 5.32 Å². The van der Waals surface area contributed by atoms with Crippen LogP contribution in [0, 0.1) is 22.7 Å². The number of anilines is 1. The van der Waals surface area contributed by atoms with E-state index >= 15 is 0 Å². The van der Waals surface area contributed by atoms with Crippen LogP contribution in [0.3, 0.4) is 0 Å². The SMILES string of the molecule is CC[C@@H]1C[C@]1(CC(=O)[C@@H]1C[C@@H](Oc2cc(-c3csc(NC(C)C)n3)nc3c(Cl)c(OC)ccc23)CN1C(=O)[C@@H](CC(=O)OC1C[C@H]2CC[C@@H](C1)O2)C(C)(C)C)C(C)=O. The van der Waals surface area contributed by atoms with E-state index in [1.54, 1.807) is 25.0 Å². The van der Waals surface area contributed by atoms with Crippen molar-refractivity contribution in [2.45, 2.75) is 143 Å². The molecule has 3 aliphatic heterocycles. The van der Waals surface area contributed by atoms with Gasteiger partial charge in [0.15, 0.2) is 10.9 Å². The van der Waals surface area contributed by atoms with Crippen molar-refractivity contribution < 1.29 is 38.1 Å². The Morgan fingerprint density at radius 2 is 1.78 bits per heavy atom. The van der Waals surface area contributed by atoms with E-state index in [9.17, 15) is 19.2 Å². The Morgan fingerprint density at radius 3 is 2.40 bits per heavy atom. The molecule has 3 aromatic rings. The number of nitrogens with zero attached hydrogens (tertiary/aromatic N) is 3. The molecule has 4 fully saturated rings. The first-order chi connectivity index (χ1) is 27.5. The fourth-order valence-electron chi connectivity index (χ4n) is 9.30. The predicted octanol–water partition coefficient (Wildman–Crippen LogP) is 8.46. The molecule has 14 heteroatoms. The zero-order chi connectivity index (χ0) is 41.7. The molecule has 7 rings (SSSR count). The number of carbonyl (C=O) groups is 4. The smallest absolute Gasteiger partial charge is 0.306 e. The summed E-state index contributed by atoms with van der Waals surface area (Å²) in [4.78, 5) is 67.2. The number of benzene rings is 1. The number of esters is 1. The predicted molar refractivity (Wildman–Crippen MR) is 223 cm³/mol. The highest BCUT2D eigenvalue weighted by Crippen LogP contribution is 2.58. The minimum Gasteiger partial charge on any atom is -0.495 e. The summed E-state index contributed by atoms with van der Waals surface area (Å²) in [5.41, 5.74) is 0.289. The molecule has 1 N–H and O–H groups in total. The van der Waals surface area contributed by atoms with Crippen molar-refractivity contribution in [1.82, 2.24) is 14.9 Å². The van der Waals surface area contributed by atoms with Crippen LogP contribution in [-0.4, -0.2) is 88.5 Å². The van der Waals surface area contributed by atoms with Crippen LogP contribution in [0.5, 0.6) is 11.5 Å². The summed E-state index contributed by atoms with van der Waals surface area (Å²) in [6.45, 7) is 13.6. The molecule has 2 bridgehead atoms. The lowest BCUT2D eigenvalue weighted by molar-refractivity contribution is -0.162. The number of pyridine rings is 1. The quantitative estimate of drug-likeness (QED) is 0.147. The van der Waals surface area contributed by atoms with Gasteiger partial charge >= 0.3 is 5.97 Å². The van der Waals surface area contributed by atoms with Crippen molar-refractivity contribution in [2.75, 3.05) is 19.0 Å². The van der Waals surface area contributed by atoms with E-state index < -0.39 is 34.9 Å². The second kappa shape index (κ2) is 16.7. The third kappa shape index (κ3) is 8.73. The maximum atomic E-state index is 14.9. The molecule has 8 atom stereocenters. The van der Waals surface area contributed by atoms with E-state index in [0.29, 0.717) is 58.1 Å². The molecule has 1 saturated carbocycles. The molecule has 12 nitrogen and oxygen atoms in total. The van der Waals surface area contributed by atoms with Gasteiger partial charge in [-0.3, -0.25) is 19.2 Å². The van der Waals surface area contributed by atoms with Gasteiger partial charge in [0.1, 0.15) is 40.2 Å². The molecule has 5 heterocycles. The normalized spacial score (nSPS) is 27.1. The van der Waals surface area contributed by atoms with Gasteiger partial charge in [-0.1, -0.05) is 45.7 Å². The van der Waals surface area contributed by atoms with Crippen LogP contribution >= 0.6 is 22.9 Å². The second-order valence-corrected chi connectivity index (χ2v) is 19.4. The number of fused-ring (bicyclic) bond motifs is 3. The molecule has 0 spiro atoms. The molecule has 0 radical (unpaired) electrons. The number of aromatic nitrogens is 2. The Hall–Kier alpha value is -3.81. The molecule has 1 unspecified atom stereocenters. The maximum Gasteiger partial charge on any atom is 0.306 e. The number of Topliss-reactive ketones (excluding diaryl/α,β-unsaturated/α-hetero) is 2. The van der Waals surface area contributed by atoms with Crippen LogP contribution in [0.4, 0.5) is 5.13 Å². The number of amides is 1. The third-order valence-corrected chi connectivity index (χ3v) is 13.8. The summed E-state index contributed by atoms with van der Waals surface area (Å²) in [7, 11) is 1.54. The zero-order valence-corrected chi connectivity index (χ0v) is 36.5. The Balaban J connectivity index is 1.19. The number of carbonyl (C=O) groups excluding carboxylic acids is 4. The van der Waals surface area contributed by atoms with E-state index in [-0.39, 0.29) is 73.6 Å². The number of ketones is 2. The number of halogens is 1. The van der Waals surface area contributed by atoms with Gasteiger partial charge < -0.3 is 29.2 Å². The van der Waals surface area contributed by atoms with Crippen LogP contribution in [0.2, 0.25) is 5.02 Å². The van der Waals surface area contributed by atoms with Gasteiger partial charge in [0.25, 0.3) is 0 Å². The minimum atomic E-state index is -0.849. The number of likely N-dealkylation sites (tertiary alicyclic amines) is 1. The van der Waals surface area contributed by atoms with Gasteiger partial charge in [0.05, 0.1) is 55.5 Å². The van der Waals surface area contributed by atoms with Gasteiger partial charge in [0, 0.05) is 54.0 Å². The molecule has 1 aliphatic carbocycles. The van der Waals surface area contributed by atoms with E-state index in [1.807, 2.05) is 59.1 Å². The molecule has 1 amide bonds. The molecular weight excluding hydrogens is 780 g/mol. The van der Waals surface area contributed by atoms with Crippen LogP contribution in [0.25, 0.3) is 22.3 Å². The summed E-state index contributed by atoms with van der Waals surface area (Å²) in [6, 6.07) is 4.74. The Bertz CT molecular complexity index is 2050. The topological polar surface area (TPSA) is 146 Å². The third-order valence-electron chi connectivity index (χ3n) is 12.6. The average molecular weight is 837 g/mol. The van der Waals surface area contributed by atoms with E-state index in [0.717, 1.165) is 24.4 Å². The second-order valence-electron chi connectivity index (χ2n) is 18.1. The van der Waals surface area contributed by atoms with Crippen molar-refractivity contribution in [3.63, 3.8) is 0 Å². The molecule has 3 saturated heterocycles. The first-order valence-electron chi connectivity index (χ1n) is 20.7. The van der Waals surface area contributed by atoms with Gasteiger partial charge in [-0.05, 0) is 63.5 Å². The highest BCUT2D eigenvalue weighted by molar-refractivity contribution is 7.14. The summed E-state index contributed by atoms with van der Waals surface area (Å²) in [5.74, 6) is -0.606. The highest BCUT2D eigenvalue weighted by atomic mass is 35.5. The molecule has 314 valence electrons. The van der Waals surface area contributed by atoms with Gasteiger partial charge in [-0.25, -0.2) is 9.97 Å². The number of rotatable bonds is 15. The molecule has 4 aliphatic rings. The summed E-state index contributed by atoms with van der Waals surface area (Å²) < 4.78 is 24.3. The van der Waals surface area contributed by atoms with Crippen LogP contribution in [0.1, 0.15) is 106 Å². The van der Waals surface area contributed by atoms with Gasteiger partial charge in [-0.2, -0.15) is 0 Å². The summed E-state index contributed by atoms with van der Waals surface area (Å²) >= 11 is 8.33. The fraction of sp³-hybridized carbons (Fsp3) is 0.636.